The fraction of sp³-hybridized carbons (Fsp3) is 0.647. The first-order valence-corrected chi connectivity index (χ1v) is 9.02. The molecule has 0 aliphatic carbocycles. The summed E-state index contributed by atoms with van der Waals surface area (Å²) in [7, 11) is 0. The minimum atomic E-state index is -0.403. The molecule has 0 saturated carbocycles. The van der Waals surface area contributed by atoms with Crippen LogP contribution in [-0.2, 0) is 9.47 Å². The van der Waals surface area contributed by atoms with E-state index in [1.54, 1.807) is 11.3 Å². The van der Waals surface area contributed by atoms with E-state index in [0.717, 1.165) is 45.6 Å². The predicted molar refractivity (Wildman–Crippen MR) is 89.2 cm³/mol. The molecule has 2 aliphatic rings. The number of rotatable bonds is 6. The molecule has 1 aromatic heterocycles. The van der Waals surface area contributed by atoms with Gasteiger partial charge in [0, 0.05) is 37.7 Å². The van der Waals surface area contributed by atoms with Gasteiger partial charge in [-0.2, -0.15) is 0 Å². The molecule has 1 unspecified atom stereocenters. The second kappa shape index (κ2) is 8.22. The second-order valence-corrected chi connectivity index (χ2v) is 6.96. The summed E-state index contributed by atoms with van der Waals surface area (Å²) < 4.78 is 11.1. The van der Waals surface area contributed by atoms with Crippen molar-refractivity contribution >= 4 is 16.9 Å². The Morgan fingerprint density at radius 1 is 1.41 bits per heavy atom. The highest BCUT2D eigenvalue weighted by Crippen LogP contribution is 2.26. The molecule has 2 aliphatic heterocycles. The fourth-order valence-electron chi connectivity index (χ4n) is 3.00. The van der Waals surface area contributed by atoms with E-state index in [4.69, 9.17) is 9.47 Å². The Bertz CT molecular complexity index is 468. The summed E-state index contributed by atoms with van der Waals surface area (Å²) in [4.78, 5) is 3.68. The maximum atomic E-state index is 10.2. The van der Waals surface area contributed by atoms with Crippen LogP contribution in [0.1, 0.15) is 24.1 Å². The fourth-order valence-corrected chi connectivity index (χ4v) is 3.80. The van der Waals surface area contributed by atoms with Gasteiger partial charge in [-0.3, -0.25) is 4.90 Å². The molecular formula is C17H25NO3S. The quantitative estimate of drug-likeness (QED) is 0.873. The molecule has 0 radical (unpaired) electrons. The molecular weight excluding hydrogens is 298 g/mol. The Kier molecular flexibility index (Phi) is 6.04. The van der Waals surface area contributed by atoms with Crippen molar-refractivity contribution in [2.75, 3.05) is 39.5 Å². The Hall–Kier alpha value is -0.720. The number of hydrogen-bond donors (Lipinski definition) is 1. The van der Waals surface area contributed by atoms with E-state index in [0.29, 0.717) is 13.2 Å². The Morgan fingerprint density at radius 2 is 2.27 bits per heavy atom. The zero-order valence-electron chi connectivity index (χ0n) is 12.9. The third-order valence-electron chi connectivity index (χ3n) is 4.29. The van der Waals surface area contributed by atoms with Crippen LogP contribution in [0, 0.1) is 0 Å². The van der Waals surface area contributed by atoms with Gasteiger partial charge in [0.2, 0.25) is 0 Å². The lowest BCUT2D eigenvalue weighted by Crippen LogP contribution is -2.38. The molecule has 5 heteroatoms. The summed E-state index contributed by atoms with van der Waals surface area (Å²) in [5, 5.41) is 12.3. The van der Waals surface area contributed by atoms with E-state index in [-0.39, 0.29) is 6.10 Å². The van der Waals surface area contributed by atoms with Crippen molar-refractivity contribution in [2.45, 2.75) is 31.5 Å². The summed E-state index contributed by atoms with van der Waals surface area (Å²) in [6.45, 7) is 4.62. The topological polar surface area (TPSA) is 41.9 Å². The van der Waals surface area contributed by atoms with E-state index in [2.05, 4.69) is 28.5 Å². The van der Waals surface area contributed by atoms with E-state index in [1.165, 1.54) is 10.5 Å². The van der Waals surface area contributed by atoms with Crippen molar-refractivity contribution in [2.24, 2.45) is 0 Å². The van der Waals surface area contributed by atoms with E-state index in [1.807, 2.05) is 0 Å². The molecule has 1 aromatic rings. The van der Waals surface area contributed by atoms with Crippen LogP contribution in [0.3, 0.4) is 0 Å². The number of ether oxygens (including phenoxy) is 2. The van der Waals surface area contributed by atoms with Gasteiger partial charge in [-0.15, -0.1) is 11.3 Å². The van der Waals surface area contributed by atoms with Crippen LogP contribution in [0.4, 0.5) is 0 Å². The van der Waals surface area contributed by atoms with Gasteiger partial charge >= 0.3 is 0 Å². The summed E-state index contributed by atoms with van der Waals surface area (Å²) in [5.41, 5.74) is 1.44. The van der Waals surface area contributed by atoms with Gasteiger partial charge in [0.25, 0.3) is 0 Å². The molecule has 4 nitrogen and oxygen atoms in total. The molecule has 22 heavy (non-hydrogen) atoms. The number of β-amino-alcohol motifs (C(OH)–C–C–N with tert-alkyl or cyclic N) is 1. The highest BCUT2D eigenvalue weighted by molar-refractivity contribution is 7.11. The van der Waals surface area contributed by atoms with Gasteiger partial charge in [0.15, 0.2) is 0 Å². The first kappa shape index (κ1) is 16.1. The lowest BCUT2D eigenvalue weighted by atomic mass is 10.1. The average Bonchev–Trinajstić information content (AvgIpc) is 3.09. The van der Waals surface area contributed by atoms with Crippen molar-refractivity contribution in [3.05, 3.63) is 28.5 Å². The monoisotopic (exact) mass is 323 g/mol. The zero-order valence-corrected chi connectivity index (χ0v) is 13.8. The van der Waals surface area contributed by atoms with Crippen LogP contribution in [0.2, 0.25) is 0 Å². The third-order valence-corrected chi connectivity index (χ3v) is 5.24. The minimum absolute atomic E-state index is 0.259. The molecule has 1 N–H and O–H groups in total. The first-order chi connectivity index (χ1) is 10.8. The number of hydrogen-bond acceptors (Lipinski definition) is 5. The highest BCUT2D eigenvalue weighted by atomic mass is 32.1. The van der Waals surface area contributed by atoms with Gasteiger partial charge < -0.3 is 14.6 Å². The Balaban J connectivity index is 1.38. The number of nitrogens with zero attached hydrogens (tertiary/aromatic N) is 1. The smallest absolute Gasteiger partial charge is 0.0900 e. The first-order valence-electron chi connectivity index (χ1n) is 8.14. The van der Waals surface area contributed by atoms with Crippen molar-refractivity contribution < 1.29 is 14.6 Å². The standard InChI is InChI=1S/C17H25NO3S/c19-15(13-21-16-5-9-20-10-6-16)12-18-7-3-14(4-8-18)17-2-1-11-22-17/h1-3,11,15-16,19H,4-10,12-13H2. The van der Waals surface area contributed by atoms with Crippen molar-refractivity contribution in [3.63, 3.8) is 0 Å². The lowest BCUT2D eigenvalue weighted by Gasteiger charge is -2.29. The van der Waals surface area contributed by atoms with E-state index in [9.17, 15) is 5.11 Å². The SMILES string of the molecule is OC(COC1CCOCC1)CN1CC=C(c2cccs2)CC1. The molecule has 0 spiro atoms. The molecule has 122 valence electrons. The van der Waals surface area contributed by atoms with E-state index >= 15 is 0 Å². The Morgan fingerprint density at radius 3 is 2.95 bits per heavy atom. The molecule has 3 rings (SSSR count). The van der Waals surface area contributed by atoms with Gasteiger partial charge in [-0.1, -0.05) is 12.1 Å². The van der Waals surface area contributed by atoms with Gasteiger partial charge in [0.1, 0.15) is 0 Å². The number of aliphatic hydroxyl groups is 1. The minimum Gasteiger partial charge on any atom is -0.389 e. The molecule has 3 heterocycles. The highest BCUT2D eigenvalue weighted by Gasteiger charge is 2.19. The van der Waals surface area contributed by atoms with Crippen LogP contribution in [0.25, 0.3) is 5.57 Å². The van der Waals surface area contributed by atoms with Crippen molar-refractivity contribution in [1.82, 2.24) is 4.90 Å². The van der Waals surface area contributed by atoms with Gasteiger partial charge in [-0.25, -0.2) is 0 Å². The molecule has 1 fully saturated rings. The van der Waals surface area contributed by atoms with Crippen molar-refractivity contribution in [1.29, 1.82) is 0 Å². The normalized spacial score (nSPS) is 22.5. The van der Waals surface area contributed by atoms with E-state index < -0.39 is 6.10 Å². The van der Waals surface area contributed by atoms with Crippen molar-refractivity contribution in [3.8, 4) is 0 Å². The van der Waals surface area contributed by atoms with Crippen LogP contribution >= 0.6 is 11.3 Å². The molecule has 0 bridgehead atoms. The molecule has 1 saturated heterocycles. The number of thiophene rings is 1. The van der Waals surface area contributed by atoms with Crippen LogP contribution in [0.15, 0.2) is 23.6 Å². The molecule has 0 amide bonds. The molecule has 1 atom stereocenters. The van der Waals surface area contributed by atoms with Gasteiger partial charge in [-0.05, 0) is 36.3 Å². The largest absolute Gasteiger partial charge is 0.389 e. The maximum absolute atomic E-state index is 10.2. The summed E-state index contributed by atoms with van der Waals surface area (Å²) >= 11 is 1.80. The van der Waals surface area contributed by atoms with Crippen LogP contribution in [0.5, 0.6) is 0 Å². The second-order valence-electron chi connectivity index (χ2n) is 6.02. The number of aliphatic hydroxyl groups excluding tert-OH is 1. The van der Waals surface area contributed by atoms with Crippen LogP contribution in [-0.4, -0.2) is 61.7 Å². The zero-order chi connectivity index (χ0) is 15.2. The summed E-state index contributed by atoms with van der Waals surface area (Å²) in [6, 6.07) is 4.29. The summed E-state index contributed by atoms with van der Waals surface area (Å²) in [6.07, 6.45) is 5.11. The predicted octanol–water partition coefficient (Wildman–Crippen LogP) is 2.39. The maximum Gasteiger partial charge on any atom is 0.0900 e. The summed E-state index contributed by atoms with van der Waals surface area (Å²) in [5.74, 6) is 0. The average molecular weight is 323 g/mol. The Labute approximate surface area is 136 Å². The molecule has 0 aromatic carbocycles. The van der Waals surface area contributed by atoms with Crippen LogP contribution < -0.4 is 0 Å². The lowest BCUT2D eigenvalue weighted by molar-refractivity contribution is -0.0637. The van der Waals surface area contributed by atoms with Gasteiger partial charge in [0.05, 0.1) is 18.8 Å². The third kappa shape index (κ3) is 4.64.